The Hall–Kier alpha value is -0.0400. The first-order valence-corrected chi connectivity index (χ1v) is 1.59. The van der Waals surface area contributed by atoms with Crippen LogP contribution < -0.4 is 0 Å². The Bertz CT molecular complexity index is 66.2. The van der Waals surface area contributed by atoms with Crippen molar-refractivity contribution in [1.82, 2.24) is 0 Å². The molecule has 5 heavy (non-hydrogen) atoms. The van der Waals surface area contributed by atoms with E-state index in [0.29, 0.717) is 0 Å². The topological polar surface area (TPSA) is 9.23 Å². The highest BCUT2D eigenvalue weighted by atomic mass is 16.5. The van der Waals surface area contributed by atoms with Gasteiger partial charge < -0.3 is 4.74 Å². The second-order valence-corrected chi connectivity index (χ2v) is 1.17. The molecule has 0 amide bonds. The van der Waals surface area contributed by atoms with Crippen LogP contribution in [-0.4, -0.2) is 13.1 Å². The summed E-state index contributed by atoms with van der Waals surface area (Å²) in [5, 5.41) is 0. The highest BCUT2D eigenvalue weighted by Crippen LogP contribution is 1.77. The van der Waals surface area contributed by atoms with E-state index in [4.69, 9.17) is 4.11 Å². The fourth-order valence-electron chi connectivity index (χ4n) is 0. The van der Waals surface area contributed by atoms with Crippen LogP contribution in [0.15, 0.2) is 0 Å². The van der Waals surface area contributed by atoms with E-state index in [1.165, 1.54) is 0 Å². The van der Waals surface area contributed by atoms with E-state index in [0.717, 1.165) is 0 Å². The normalized spacial score (nSPS) is 21.0. The first-order chi connectivity index (χ1) is 3.42. The van der Waals surface area contributed by atoms with Crippen LogP contribution in [0, 0.1) is 0 Å². The molecule has 0 aliphatic rings. The van der Waals surface area contributed by atoms with Crippen LogP contribution in [0.1, 0.15) is 18.0 Å². The maximum atomic E-state index is 6.57. The summed E-state index contributed by atoms with van der Waals surface area (Å²) in [4.78, 5) is 0. The molecule has 0 N–H and O–H groups in total. The molecule has 1 heteroatoms. The van der Waals surface area contributed by atoms with Gasteiger partial charge in [0.05, 0.1) is 10.2 Å². The van der Waals surface area contributed by atoms with Crippen molar-refractivity contribution >= 4 is 0 Å². The maximum Gasteiger partial charge on any atom is 0.0530 e. The van der Waals surface area contributed by atoms with Crippen LogP contribution in [0.4, 0.5) is 0 Å². The van der Waals surface area contributed by atoms with Crippen LogP contribution in [0.2, 0.25) is 0 Å². The summed E-state index contributed by atoms with van der Waals surface area (Å²) in [6.45, 7) is 3.37. The molecule has 0 rings (SSSR count). The molecule has 32 valence electrons. The molecule has 0 aliphatic heterocycles. The number of ether oxygens (including phenoxy) is 1. The van der Waals surface area contributed by atoms with Crippen LogP contribution in [0.3, 0.4) is 0 Å². The quantitative estimate of drug-likeness (QED) is 0.454. The minimum atomic E-state index is -2.23. The Labute approximate surface area is 37.2 Å². The molecule has 0 fully saturated rings. The first kappa shape index (κ1) is 1.61. The van der Waals surface area contributed by atoms with Gasteiger partial charge in [-0.3, -0.25) is 0 Å². The molecule has 0 unspecified atom stereocenters. The zero-order chi connectivity index (χ0) is 6.78. The van der Waals surface area contributed by atoms with Crippen LogP contribution in [0.25, 0.3) is 0 Å². The van der Waals surface area contributed by atoms with Gasteiger partial charge in [-0.05, 0) is 13.8 Å². The fraction of sp³-hybridized carbons (Fsp3) is 1.00. The summed E-state index contributed by atoms with van der Waals surface area (Å²) < 4.78 is 24.2. The van der Waals surface area contributed by atoms with E-state index in [9.17, 15) is 0 Å². The molecule has 0 saturated carbocycles. The van der Waals surface area contributed by atoms with Crippen molar-refractivity contribution in [2.45, 2.75) is 20.0 Å². The van der Waals surface area contributed by atoms with E-state index >= 15 is 0 Å². The molecule has 0 saturated heterocycles. The van der Waals surface area contributed by atoms with Crippen molar-refractivity contribution in [2.75, 3.05) is 7.04 Å². The van der Waals surface area contributed by atoms with Crippen molar-refractivity contribution < 1.29 is 8.85 Å². The van der Waals surface area contributed by atoms with Gasteiger partial charge in [-0.2, -0.15) is 0 Å². The van der Waals surface area contributed by atoms with Gasteiger partial charge in [0.2, 0.25) is 0 Å². The van der Waals surface area contributed by atoms with Crippen molar-refractivity contribution in [2.24, 2.45) is 0 Å². The third kappa shape index (κ3) is 3.96. The van der Waals surface area contributed by atoms with Gasteiger partial charge in [0.15, 0.2) is 0 Å². The molecule has 0 aliphatic carbocycles. The molecule has 0 bridgehead atoms. The van der Waals surface area contributed by atoms with Crippen molar-refractivity contribution in [1.29, 1.82) is 0 Å². The summed E-state index contributed by atoms with van der Waals surface area (Å²) in [6.07, 6.45) is -0.220. The second kappa shape index (κ2) is 2.21. The molecular weight excluding hydrogens is 64.0 g/mol. The minimum absolute atomic E-state index is 0.220. The Morgan fingerprint density at radius 2 is 2.40 bits per heavy atom. The van der Waals surface area contributed by atoms with Gasteiger partial charge in [0.25, 0.3) is 0 Å². The summed E-state index contributed by atoms with van der Waals surface area (Å²) in [7, 11) is -2.23. The summed E-state index contributed by atoms with van der Waals surface area (Å²) >= 11 is 0. The van der Waals surface area contributed by atoms with Crippen molar-refractivity contribution in [3.05, 3.63) is 0 Å². The largest absolute Gasteiger partial charge is 0.382 e. The number of methoxy groups -OCH3 is 1. The molecular formula is C4H10O. The van der Waals surface area contributed by atoms with E-state index in [1.807, 2.05) is 0 Å². The van der Waals surface area contributed by atoms with Crippen LogP contribution in [-0.2, 0) is 4.74 Å². The lowest BCUT2D eigenvalue weighted by Gasteiger charge is -1.94. The highest BCUT2D eigenvalue weighted by molar-refractivity contribution is 4.27. The van der Waals surface area contributed by atoms with Crippen LogP contribution in [0.5, 0.6) is 0 Å². The van der Waals surface area contributed by atoms with Gasteiger partial charge in [-0.1, -0.05) is 0 Å². The highest BCUT2D eigenvalue weighted by Gasteiger charge is 1.78. The molecule has 0 aromatic heterocycles. The average molecular weight is 77.1 g/mol. The monoisotopic (exact) mass is 77.1 g/mol. The summed E-state index contributed by atoms with van der Waals surface area (Å²) in [6, 6.07) is 0. The van der Waals surface area contributed by atoms with Crippen molar-refractivity contribution in [3.8, 4) is 0 Å². The lowest BCUT2D eigenvalue weighted by atomic mass is 10.5. The molecule has 1 nitrogen and oxygen atoms in total. The average Bonchev–Trinajstić information content (AvgIpc) is 1.21. The molecule has 0 atom stereocenters. The van der Waals surface area contributed by atoms with Gasteiger partial charge in [0.1, 0.15) is 0 Å². The molecule has 0 heterocycles. The smallest absolute Gasteiger partial charge is 0.0530 e. The van der Waals surface area contributed by atoms with E-state index in [-0.39, 0.29) is 6.10 Å². The predicted molar refractivity (Wildman–Crippen MR) is 22.1 cm³/mol. The van der Waals surface area contributed by atoms with E-state index in [2.05, 4.69) is 4.74 Å². The van der Waals surface area contributed by atoms with E-state index in [1.54, 1.807) is 13.8 Å². The van der Waals surface area contributed by atoms with Gasteiger partial charge in [-0.25, -0.2) is 0 Å². The summed E-state index contributed by atoms with van der Waals surface area (Å²) in [5.41, 5.74) is 0. The molecule has 0 aromatic carbocycles. The third-order valence-corrected chi connectivity index (χ3v) is 0.236. The maximum absolute atomic E-state index is 6.57. The molecule has 0 spiro atoms. The van der Waals surface area contributed by atoms with Gasteiger partial charge in [-0.15, -0.1) is 0 Å². The first-order valence-electron chi connectivity index (χ1n) is 3.09. The Morgan fingerprint density at radius 3 is 2.40 bits per heavy atom. The number of hydrogen-bond donors (Lipinski definition) is 0. The zero-order valence-electron chi connectivity index (χ0n) is 6.49. The summed E-state index contributed by atoms with van der Waals surface area (Å²) in [5.74, 6) is 0. The lowest BCUT2D eigenvalue weighted by molar-refractivity contribution is 0.134. The zero-order valence-corrected chi connectivity index (χ0v) is 3.49. The lowest BCUT2D eigenvalue weighted by Crippen LogP contribution is -1.94. The second-order valence-electron chi connectivity index (χ2n) is 1.17. The SMILES string of the molecule is [2H]C([2H])([2H])OC(C)C. The van der Waals surface area contributed by atoms with Crippen molar-refractivity contribution in [3.63, 3.8) is 0 Å². The molecule has 0 radical (unpaired) electrons. The Balaban J connectivity index is 3.39. The minimum Gasteiger partial charge on any atom is -0.382 e. The van der Waals surface area contributed by atoms with E-state index < -0.39 is 7.04 Å². The Morgan fingerprint density at radius 1 is 1.80 bits per heavy atom. The Kier molecular flexibility index (Phi) is 0.711. The standard InChI is InChI=1S/C4H10O/c1-4(2)5-3/h4H,1-3H3/i3D3. The van der Waals surface area contributed by atoms with Crippen LogP contribution >= 0.6 is 0 Å². The third-order valence-electron chi connectivity index (χ3n) is 0.236. The van der Waals surface area contributed by atoms with Gasteiger partial charge >= 0.3 is 0 Å². The number of hydrogen-bond acceptors (Lipinski definition) is 1. The number of rotatable bonds is 1. The molecule has 0 aromatic rings. The predicted octanol–water partition coefficient (Wildman–Crippen LogP) is 1.04. The fourth-order valence-corrected chi connectivity index (χ4v) is 0. The van der Waals surface area contributed by atoms with Gasteiger partial charge in [0, 0.05) is 7.04 Å².